The topological polar surface area (TPSA) is 23.6 Å². The SMILES string of the molecule is CC(C)C1CCN(CC(=O)N2CCC(C(C)C)CC2)CC1. The highest BCUT2D eigenvalue weighted by molar-refractivity contribution is 5.78. The second-order valence-corrected chi connectivity index (χ2v) is 7.82. The van der Waals surface area contributed by atoms with Crippen LogP contribution in [0, 0.1) is 23.7 Å². The number of hydrogen-bond donors (Lipinski definition) is 0. The van der Waals surface area contributed by atoms with Crippen LogP contribution in [0.15, 0.2) is 0 Å². The van der Waals surface area contributed by atoms with E-state index in [9.17, 15) is 4.79 Å². The fourth-order valence-electron chi connectivity index (χ4n) is 3.88. The number of carbonyl (C=O) groups is 1. The number of rotatable bonds is 4. The number of hydrogen-bond acceptors (Lipinski definition) is 2. The maximum absolute atomic E-state index is 12.4. The summed E-state index contributed by atoms with van der Waals surface area (Å²) >= 11 is 0. The van der Waals surface area contributed by atoms with Gasteiger partial charge in [-0.3, -0.25) is 9.69 Å². The molecule has 3 heteroatoms. The molecule has 0 unspecified atom stereocenters. The van der Waals surface area contributed by atoms with Crippen LogP contribution in [-0.4, -0.2) is 48.4 Å². The molecule has 0 radical (unpaired) electrons. The van der Waals surface area contributed by atoms with Gasteiger partial charge in [0.15, 0.2) is 0 Å². The lowest BCUT2D eigenvalue weighted by Crippen LogP contribution is -2.46. The normalized spacial score (nSPS) is 23.2. The molecule has 0 aromatic carbocycles. The van der Waals surface area contributed by atoms with Gasteiger partial charge in [-0.25, -0.2) is 0 Å². The standard InChI is InChI=1S/C18H34N2O/c1-14(2)16-5-9-19(10-6-16)13-18(21)20-11-7-17(8-12-20)15(3)4/h14-17H,5-13H2,1-4H3. The molecule has 2 heterocycles. The summed E-state index contributed by atoms with van der Waals surface area (Å²) in [6.07, 6.45) is 4.92. The third-order valence-electron chi connectivity index (χ3n) is 5.77. The van der Waals surface area contributed by atoms with E-state index < -0.39 is 0 Å². The highest BCUT2D eigenvalue weighted by atomic mass is 16.2. The molecule has 0 saturated carbocycles. The molecular weight excluding hydrogens is 260 g/mol. The van der Waals surface area contributed by atoms with Gasteiger partial charge in [0.1, 0.15) is 0 Å². The Kier molecular flexibility index (Phi) is 6.09. The first-order chi connectivity index (χ1) is 9.97. The average Bonchev–Trinajstić information content (AvgIpc) is 2.47. The van der Waals surface area contributed by atoms with Crippen LogP contribution in [0.3, 0.4) is 0 Å². The minimum Gasteiger partial charge on any atom is -0.342 e. The minimum absolute atomic E-state index is 0.361. The lowest BCUT2D eigenvalue weighted by atomic mass is 9.86. The van der Waals surface area contributed by atoms with Crippen molar-refractivity contribution in [2.75, 3.05) is 32.7 Å². The van der Waals surface area contributed by atoms with E-state index in [1.165, 1.54) is 25.7 Å². The van der Waals surface area contributed by atoms with E-state index in [0.29, 0.717) is 12.5 Å². The van der Waals surface area contributed by atoms with Gasteiger partial charge < -0.3 is 4.90 Å². The Balaban J connectivity index is 1.71. The zero-order valence-electron chi connectivity index (χ0n) is 14.5. The van der Waals surface area contributed by atoms with Crippen LogP contribution in [0.25, 0.3) is 0 Å². The van der Waals surface area contributed by atoms with E-state index in [-0.39, 0.29) is 0 Å². The van der Waals surface area contributed by atoms with Gasteiger partial charge in [-0.15, -0.1) is 0 Å². The van der Waals surface area contributed by atoms with E-state index >= 15 is 0 Å². The minimum atomic E-state index is 0.361. The second-order valence-electron chi connectivity index (χ2n) is 7.82. The Morgan fingerprint density at radius 2 is 1.29 bits per heavy atom. The van der Waals surface area contributed by atoms with E-state index in [4.69, 9.17) is 0 Å². The molecule has 2 aliphatic rings. The number of nitrogens with zero attached hydrogens (tertiary/aromatic N) is 2. The van der Waals surface area contributed by atoms with Crippen LogP contribution < -0.4 is 0 Å². The largest absolute Gasteiger partial charge is 0.342 e. The predicted octanol–water partition coefficient (Wildman–Crippen LogP) is 3.25. The van der Waals surface area contributed by atoms with Crippen LogP contribution >= 0.6 is 0 Å². The molecule has 0 bridgehead atoms. The van der Waals surface area contributed by atoms with Gasteiger partial charge in [0.05, 0.1) is 6.54 Å². The summed E-state index contributed by atoms with van der Waals surface area (Å²) in [5.74, 6) is 3.59. The molecule has 0 atom stereocenters. The van der Waals surface area contributed by atoms with Crippen molar-refractivity contribution in [1.29, 1.82) is 0 Å². The summed E-state index contributed by atoms with van der Waals surface area (Å²) < 4.78 is 0. The van der Waals surface area contributed by atoms with Crippen molar-refractivity contribution in [2.45, 2.75) is 53.4 Å². The van der Waals surface area contributed by atoms with Gasteiger partial charge in [0.25, 0.3) is 0 Å². The molecular formula is C18H34N2O. The Morgan fingerprint density at radius 3 is 1.71 bits per heavy atom. The van der Waals surface area contributed by atoms with E-state index in [0.717, 1.165) is 49.9 Å². The van der Waals surface area contributed by atoms with Crippen LogP contribution in [0.4, 0.5) is 0 Å². The van der Waals surface area contributed by atoms with Crippen molar-refractivity contribution in [1.82, 2.24) is 9.80 Å². The van der Waals surface area contributed by atoms with Gasteiger partial charge >= 0.3 is 0 Å². The summed E-state index contributed by atoms with van der Waals surface area (Å²) in [7, 11) is 0. The van der Waals surface area contributed by atoms with E-state index in [1.807, 2.05) is 0 Å². The zero-order chi connectivity index (χ0) is 15.4. The van der Waals surface area contributed by atoms with Crippen molar-refractivity contribution in [3.63, 3.8) is 0 Å². The van der Waals surface area contributed by atoms with Crippen molar-refractivity contribution >= 4 is 5.91 Å². The third-order valence-corrected chi connectivity index (χ3v) is 5.77. The number of carbonyl (C=O) groups excluding carboxylic acids is 1. The second kappa shape index (κ2) is 7.62. The molecule has 0 spiro atoms. The quantitative estimate of drug-likeness (QED) is 0.794. The van der Waals surface area contributed by atoms with E-state index in [2.05, 4.69) is 37.5 Å². The molecule has 0 aromatic rings. The van der Waals surface area contributed by atoms with Crippen LogP contribution in [0.5, 0.6) is 0 Å². The smallest absolute Gasteiger partial charge is 0.236 e. The Labute approximate surface area is 131 Å². The van der Waals surface area contributed by atoms with Gasteiger partial charge in [-0.1, -0.05) is 27.7 Å². The molecule has 122 valence electrons. The molecule has 2 saturated heterocycles. The fourth-order valence-corrected chi connectivity index (χ4v) is 3.88. The highest BCUT2D eigenvalue weighted by Crippen LogP contribution is 2.26. The van der Waals surface area contributed by atoms with Gasteiger partial charge in [0, 0.05) is 13.1 Å². The van der Waals surface area contributed by atoms with Gasteiger partial charge in [0.2, 0.25) is 5.91 Å². The van der Waals surface area contributed by atoms with Crippen molar-refractivity contribution in [2.24, 2.45) is 23.7 Å². The molecule has 0 aliphatic carbocycles. The first-order valence-electron chi connectivity index (χ1n) is 8.97. The zero-order valence-corrected chi connectivity index (χ0v) is 14.5. The van der Waals surface area contributed by atoms with Gasteiger partial charge in [-0.05, 0) is 62.4 Å². The maximum Gasteiger partial charge on any atom is 0.236 e. The summed E-state index contributed by atoms with van der Waals surface area (Å²) in [5.41, 5.74) is 0. The lowest BCUT2D eigenvalue weighted by Gasteiger charge is -2.37. The monoisotopic (exact) mass is 294 g/mol. The number of likely N-dealkylation sites (tertiary alicyclic amines) is 2. The van der Waals surface area contributed by atoms with E-state index in [1.54, 1.807) is 0 Å². The predicted molar refractivity (Wildman–Crippen MR) is 88.1 cm³/mol. The van der Waals surface area contributed by atoms with Crippen molar-refractivity contribution in [3.8, 4) is 0 Å². The van der Waals surface area contributed by atoms with Crippen molar-refractivity contribution in [3.05, 3.63) is 0 Å². The highest BCUT2D eigenvalue weighted by Gasteiger charge is 2.27. The average molecular weight is 294 g/mol. The number of amides is 1. The third kappa shape index (κ3) is 4.70. The molecule has 2 fully saturated rings. The first-order valence-corrected chi connectivity index (χ1v) is 8.97. The summed E-state index contributed by atoms with van der Waals surface area (Å²) in [6.45, 7) is 14.1. The Morgan fingerprint density at radius 1 is 0.857 bits per heavy atom. The molecule has 1 amide bonds. The molecule has 0 N–H and O–H groups in total. The maximum atomic E-state index is 12.4. The molecule has 0 aromatic heterocycles. The fraction of sp³-hybridized carbons (Fsp3) is 0.944. The number of piperidine rings is 2. The Hall–Kier alpha value is -0.570. The molecule has 3 nitrogen and oxygen atoms in total. The van der Waals surface area contributed by atoms with Crippen LogP contribution in [0.2, 0.25) is 0 Å². The lowest BCUT2D eigenvalue weighted by molar-refractivity contribution is -0.134. The first kappa shape index (κ1) is 16.8. The Bertz CT molecular complexity index is 324. The molecule has 21 heavy (non-hydrogen) atoms. The summed E-state index contributed by atoms with van der Waals surface area (Å²) in [5, 5.41) is 0. The molecule has 2 rings (SSSR count). The van der Waals surface area contributed by atoms with Crippen LogP contribution in [-0.2, 0) is 4.79 Å². The van der Waals surface area contributed by atoms with Crippen molar-refractivity contribution < 1.29 is 4.79 Å². The van der Waals surface area contributed by atoms with Gasteiger partial charge in [-0.2, -0.15) is 0 Å². The molecule has 2 aliphatic heterocycles. The van der Waals surface area contributed by atoms with Crippen LogP contribution in [0.1, 0.15) is 53.4 Å². The summed E-state index contributed by atoms with van der Waals surface area (Å²) in [4.78, 5) is 16.9. The summed E-state index contributed by atoms with van der Waals surface area (Å²) in [6, 6.07) is 0.